The molecule has 4 heterocycles. The van der Waals surface area contributed by atoms with Crippen LogP contribution in [0.3, 0.4) is 0 Å². The lowest BCUT2D eigenvalue weighted by molar-refractivity contribution is 0.00503. The number of methoxy groups -OCH3 is 1. The summed E-state index contributed by atoms with van der Waals surface area (Å²) in [7, 11) is 1.69. The fourth-order valence-electron chi connectivity index (χ4n) is 5.99. The maximum atomic E-state index is 6.49. The van der Waals surface area contributed by atoms with Gasteiger partial charge in [0, 0.05) is 51.0 Å². The fourth-order valence-corrected chi connectivity index (χ4v) is 6.15. The number of benzene rings is 1. The number of nitrogens with zero attached hydrogens (tertiary/aromatic N) is 9. The molecule has 1 aliphatic carbocycles. The molecule has 1 aromatic carbocycles. The van der Waals surface area contributed by atoms with Crippen molar-refractivity contribution in [2.45, 2.75) is 63.8 Å². The molecule has 46 heavy (non-hydrogen) atoms. The molecule has 0 bridgehead atoms. The van der Waals surface area contributed by atoms with Gasteiger partial charge in [-0.3, -0.25) is 9.58 Å². The Labute approximate surface area is 273 Å². The SMILES string of the molecule is COCCCOc1nn(C2CCC(N3CCOCC3)CC2)cc1Nc1nccc(-c2ccc(Cl)c(O[C@@H](C)Cn3cnnn3)c2)n1. The molecule has 1 N–H and O–H groups in total. The molecule has 14 nitrogen and oxygen atoms in total. The van der Waals surface area contributed by atoms with E-state index in [1.165, 1.54) is 0 Å². The smallest absolute Gasteiger partial charge is 0.256 e. The minimum atomic E-state index is -0.216. The van der Waals surface area contributed by atoms with E-state index >= 15 is 0 Å². The first-order chi connectivity index (χ1) is 22.6. The summed E-state index contributed by atoms with van der Waals surface area (Å²) >= 11 is 6.49. The van der Waals surface area contributed by atoms with E-state index in [9.17, 15) is 0 Å². The monoisotopic (exact) mass is 652 g/mol. The second kappa shape index (κ2) is 15.6. The minimum absolute atomic E-state index is 0.216. The molecule has 0 spiro atoms. The summed E-state index contributed by atoms with van der Waals surface area (Å²) in [6, 6.07) is 8.35. The lowest BCUT2D eigenvalue weighted by Gasteiger charge is -2.38. The third-order valence-electron chi connectivity index (χ3n) is 8.32. The van der Waals surface area contributed by atoms with Crippen LogP contribution in [0.25, 0.3) is 11.3 Å². The number of anilines is 2. The number of morpholine rings is 1. The molecular weight excluding hydrogens is 612 g/mol. The van der Waals surface area contributed by atoms with Gasteiger partial charge in [-0.1, -0.05) is 17.7 Å². The van der Waals surface area contributed by atoms with Gasteiger partial charge in [0.1, 0.15) is 23.9 Å². The van der Waals surface area contributed by atoms with Crippen LogP contribution in [-0.2, 0) is 16.0 Å². The number of ether oxygens (including phenoxy) is 4. The summed E-state index contributed by atoms with van der Waals surface area (Å²) < 4.78 is 26.7. The lowest BCUT2D eigenvalue weighted by atomic mass is 9.90. The van der Waals surface area contributed by atoms with Crippen molar-refractivity contribution in [2.24, 2.45) is 0 Å². The largest absolute Gasteiger partial charge is 0.487 e. The molecule has 0 amide bonds. The van der Waals surface area contributed by atoms with Crippen molar-refractivity contribution in [1.82, 2.24) is 44.9 Å². The number of hydrogen-bond acceptors (Lipinski definition) is 12. The number of halogens is 1. The second-order valence-corrected chi connectivity index (χ2v) is 12.0. The molecule has 2 fully saturated rings. The Morgan fingerprint density at radius 2 is 1.91 bits per heavy atom. The molecule has 6 rings (SSSR count). The molecule has 1 saturated carbocycles. The zero-order valence-corrected chi connectivity index (χ0v) is 27.1. The van der Waals surface area contributed by atoms with Gasteiger partial charge in [0.25, 0.3) is 5.88 Å². The third kappa shape index (κ3) is 8.29. The van der Waals surface area contributed by atoms with Crippen LogP contribution in [0.4, 0.5) is 11.6 Å². The first-order valence-corrected chi connectivity index (χ1v) is 16.2. The van der Waals surface area contributed by atoms with Gasteiger partial charge >= 0.3 is 0 Å². The Morgan fingerprint density at radius 3 is 2.70 bits per heavy atom. The predicted octanol–water partition coefficient (Wildman–Crippen LogP) is 4.42. The van der Waals surface area contributed by atoms with Crippen molar-refractivity contribution in [2.75, 3.05) is 51.9 Å². The van der Waals surface area contributed by atoms with Crippen LogP contribution in [0.2, 0.25) is 5.02 Å². The number of rotatable bonds is 14. The number of tetrazole rings is 1. The van der Waals surface area contributed by atoms with Crippen LogP contribution in [0.15, 0.2) is 43.0 Å². The lowest BCUT2D eigenvalue weighted by Crippen LogP contribution is -2.45. The van der Waals surface area contributed by atoms with Crippen LogP contribution in [0.1, 0.15) is 45.1 Å². The van der Waals surface area contributed by atoms with E-state index in [1.807, 2.05) is 36.0 Å². The van der Waals surface area contributed by atoms with Crippen molar-refractivity contribution in [3.63, 3.8) is 0 Å². The minimum Gasteiger partial charge on any atom is -0.487 e. The van der Waals surface area contributed by atoms with Gasteiger partial charge in [-0.15, -0.1) is 10.2 Å². The Kier molecular flexibility index (Phi) is 10.9. The first-order valence-electron chi connectivity index (χ1n) is 15.9. The quantitative estimate of drug-likeness (QED) is 0.193. The predicted molar refractivity (Wildman–Crippen MR) is 172 cm³/mol. The van der Waals surface area contributed by atoms with E-state index < -0.39 is 0 Å². The Hall–Kier alpha value is -3.85. The van der Waals surface area contributed by atoms with Crippen LogP contribution in [0.5, 0.6) is 11.6 Å². The third-order valence-corrected chi connectivity index (χ3v) is 8.64. The van der Waals surface area contributed by atoms with Crippen molar-refractivity contribution >= 4 is 23.2 Å². The number of aromatic nitrogens is 8. The fraction of sp³-hybridized carbons (Fsp3) is 0.548. The summed E-state index contributed by atoms with van der Waals surface area (Å²) in [4.78, 5) is 11.9. The maximum Gasteiger partial charge on any atom is 0.256 e. The standard InChI is InChI=1S/C31H41ClN10O4/c1-22(19-41-21-34-38-39-41)46-29-18-23(4-9-26(29)32)27-10-11-33-31(35-27)36-28-20-42(37-30(28)45-15-3-14-43-2)25-7-5-24(6-8-25)40-12-16-44-17-13-40/h4,9-11,18,20-22,24-25H,3,5-8,12-17,19H2,1-2H3,(H,33,35,36)/t22-,24?,25?/m0/s1. The highest BCUT2D eigenvalue weighted by Crippen LogP contribution is 2.35. The summed E-state index contributed by atoms with van der Waals surface area (Å²) in [6.45, 7) is 7.22. The molecule has 1 aliphatic heterocycles. The Balaban J connectivity index is 1.15. The summed E-state index contributed by atoms with van der Waals surface area (Å²) in [6.07, 6.45) is 10.2. The van der Waals surface area contributed by atoms with Gasteiger partial charge in [0.05, 0.1) is 49.3 Å². The van der Waals surface area contributed by atoms with Crippen molar-refractivity contribution in [1.29, 1.82) is 0 Å². The summed E-state index contributed by atoms with van der Waals surface area (Å²) in [5.74, 6) is 1.50. The van der Waals surface area contributed by atoms with Crippen LogP contribution in [0, 0.1) is 0 Å². The molecule has 3 aromatic heterocycles. The average molecular weight is 653 g/mol. The Morgan fingerprint density at radius 1 is 1.09 bits per heavy atom. The van der Waals surface area contributed by atoms with Gasteiger partial charge in [-0.25, -0.2) is 14.6 Å². The molecule has 0 unspecified atom stereocenters. The normalized spacial score (nSPS) is 19.5. The van der Waals surface area contributed by atoms with E-state index in [2.05, 4.69) is 30.7 Å². The Bertz CT molecular complexity index is 1520. The second-order valence-electron chi connectivity index (χ2n) is 11.6. The zero-order valence-electron chi connectivity index (χ0n) is 26.3. The van der Waals surface area contributed by atoms with Crippen LogP contribution >= 0.6 is 11.6 Å². The van der Waals surface area contributed by atoms with Crippen molar-refractivity contribution in [3.05, 3.63) is 48.0 Å². The molecule has 2 aliphatic rings. The molecule has 15 heteroatoms. The highest BCUT2D eigenvalue weighted by Gasteiger charge is 2.29. The number of hydrogen-bond donors (Lipinski definition) is 1. The van der Waals surface area contributed by atoms with Gasteiger partial charge in [-0.2, -0.15) is 0 Å². The van der Waals surface area contributed by atoms with E-state index in [0.29, 0.717) is 60.1 Å². The first kappa shape index (κ1) is 32.1. The zero-order chi connectivity index (χ0) is 31.7. The summed E-state index contributed by atoms with van der Waals surface area (Å²) in [5, 5.41) is 20.0. The van der Waals surface area contributed by atoms with E-state index in [0.717, 1.165) is 69.7 Å². The maximum absolute atomic E-state index is 6.49. The molecule has 1 atom stereocenters. The van der Waals surface area contributed by atoms with E-state index in [4.69, 9.17) is 40.6 Å². The number of nitrogens with one attached hydrogen (secondary N) is 1. The van der Waals surface area contributed by atoms with Gasteiger partial charge in [-0.05, 0) is 61.2 Å². The van der Waals surface area contributed by atoms with Gasteiger partial charge in [0.15, 0.2) is 0 Å². The van der Waals surface area contributed by atoms with Gasteiger partial charge < -0.3 is 24.3 Å². The van der Waals surface area contributed by atoms with Crippen LogP contribution < -0.4 is 14.8 Å². The average Bonchev–Trinajstić information content (AvgIpc) is 3.75. The topological polar surface area (TPSA) is 139 Å². The molecule has 246 valence electrons. The van der Waals surface area contributed by atoms with Crippen LogP contribution in [-0.4, -0.2) is 104 Å². The van der Waals surface area contributed by atoms with E-state index in [1.54, 1.807) is 30.4 Å². The van der Waals surface area contributed by atoms with Crippen molar-refractivity contribution in [3.8, 4) is 22.9 Å². The molecule has 1 saturated heterocycles. The van der Waals surface area contributed by atoms with E-state index in [-0.39, 0.29) is 6.10 Å². The molecule has 4 aromatic rings. The van der Waals surface area contributed by atoms with Gasteiger partial charge in [0.2, 0.25) is 5.95 Å². The highest BCUT2D eigenvalue weighted by molar-refractivity contribution is 6.32. The van der Waals surface area contributed by atoms with Crippen molar-refractivity contribution < 1.29 is 18.9 Å². The molecular formula is C31H41ClN10O4. The highest BCUT2D eigenvalue weighted by atomic mass is 35.5. The molecule has 0 radical (unpaired) electrons. The summed E-state index contributed by atoms with van der Waals surface area (Å²) in [5.41, 5.74) is 2.27.